The van der Waals surface area contributed by atoms with E-state index in [1.165, 1.54) is 0 Å². The molecule has 0 aliphatic carbocycles. The first kappa shape index (κ1) is 12.6. The molecule has 0 heterocycles. The van der Waals surface area contributed by atoms with Crippen LogP contribution in [0.2, 0.25) is 0 Å². The van der Waals surface area contributed by atoms with Crippen LogP contribution in [0.5, 0.6) is 0 Å². The molecule has 0 fully saturated rings. The van der Waals surface area contributed by atoms with Gasteiger partial charge in [0, 0.05) is 10.9 Å². The molecule has 0 aliphatic heterocycles. The van der Waals surface area contributed by atoms with E-state index >= 15 is 0 Å². The van der Waals surface area contributed by atoms with Crippen LogP contribution >= 0.6 is 15.9 Å². The highest BCUT2D eigenvalue weighted by molar-refractivity contribution is 9.09. The molecule has 15 heavy (non-hydrogen) atoms. The summed E-state index contributed by atoms with van der Waals surface area (Å²) in [6.45, 7) is 1.91. The first-order valence-corrected chi connectivity index (χ1v) is 6.27. The molecule has 0 unspecified atom stereocenters. The number of aryl methyl sites for hydroxylation is 2. The molecule has 0 N–H and O–H groups in total. The van der Waals surface area contributed by atoms with Crippen molar-refractivity contribution in [3.8, 4) is 0 Å². The fourth-order valence-corrected chi connectivity index (χ4v) is 2.01. The molecule has 0 atom stereocenters. The second-order valence-corrected chi connectivity index (χ2v) is 4.23. The summed E-state index contributed by atoms with van der Waals surface area (Å²) in [4.78, 5) is 0. The van der Waals surface area contributed by atoms with Gasteiger partial charge in [-0.3, -0.25) is 0 Å². The van der Waals surface area contributed by atoms with Crippen molar-refractivity contribution < 1.29 is 8.78 Å². The van der Waals surface area contributed by atoms with E-state index in [9.17, 15) is 8.78 Å². The molecule has 0 aliphatic rings. The van der Waals surface area contributed by atoms with Gasteiger partial charge in [0.1, 0.15) is 0 Å². The average Bonchev–Trinajstić information content (AvgIpc) is 2.25. The van der Waals surface area contributed by atoms with Crippen molar-refractivity contribution in [2.45, 2.75) is 32.6 Å². The summed E-state index contributed by atoms with van der Waals surface area (Å²) in [5, 5.41) is 0.853. The molecule has 0 saturated heterocycles. The van der Waals surface area contributed by atoms with Crippen molar-refractivity contribution in [1.82, 2.24) is 0 Å². The molecule has 0 nitrogen and oxygen atoms in total. The lowest BCUT2D eigenvalue weighted by Crippen LogP contribution is -2.00. The normalized spacial score (nSPS) is 11.0. The number of hydrogen-bond donors (Lipinski definition) is 0. The molecule has 0 radical (unpaired) electrons. The Morgan fingerprint density at radius 3 is 2.47 bits per heavy atom. The van der Waals surface area contributed by atoms with Crippen molar-refractivity contribution in [3.05, 3.63) is 34.9 Å². The number of hydrogen-bond acceptors (Lipinski definition) is 0. The lowest BCUT2D eigenvalue weighted by Gasteiger charge is -2.12. The molecule has 1 aromatic rings. The minimum atomic E-state index is -2.36. The van der Waals surface area contributed by atoms with Crippen LogP contribution < -0.4 is 0 Å². The summed E-state index contributed by atoms with van der Waals surface area (Å²) >= 11 is 3.32. The maximum Gasteiger partial charge on any atom is 0.264 e. The van der Waals surface area contributed by atoms with Crippen LogP contribution in [0.3, 0.4) is 0 Å². The smallest absolute Gasteiger partial charge is 0.205 e. The van der Waals surface area contributed by atoms with Gasteiger partial charge in [-0.15, -0.1) is 0 Å². The van der Waals surface area contributed by atoms with Gasteiger partial charge in [-0.25, -0.2) is 8.78 Å². The Hall–Kier alpha value is -0.440. The molecule has 84 valence electrons. The second-order valence-electron chi connectivity index (χ2n) is 3.44. The third-order valence-corrected chi connectivity index (χ3v) is 3.03. The van der Waals surface area contributed by atoms with Gasteiger partial charge in [-0.1, -0.05) is 41.1 Å². The predicted molar refractivity (Wildman–Crippen MR) is 62.9 cm³/mol. The molecule has 0 bridgehead atoms. The van der Waals surface area contributed by atoms with Gasteiger partial charge in [0.2, 0.25) is 0 Å². The summed E-state index contributed by atoms with van der Waals surface area (Å²) in [6.07, 6.45) is -0.0699. The maximum atomic E-state index is 12.9. The third-order valence-electron chi connectivity index (χ3n) is 2.47. The fourth-order valence-electron chi connectivity index (χ4n) is 1.73. The summed E-state index contributed by atoms with van der Waals surface area (Å²) in [5.74, 6) is 0. The molecule has 0 aromatic heterocycles. The molecule has 0 spiro atoms. The number of halogens is 3. The Morgan fingerprint density at radius 2 is 1.93 bits per heavy atom. The zero-order chi connectivity index (χ0) is 11.3. The number of alkyl halides is 3. The molecule has 1 rings (SSSR count). The van der Waals surface area contributed by atoms with E-state index < -0.39 is 6.43 Å². The minimum absolute atomic E-state index is 0.251. The summed E-state index contributed by atoms with van der Waals surface area (Å²) in [5.41, 5.74) is 1.82. The van der Waals surface area contributed by atoms with Crippen LogP contribution in [0.1, 0.15) is 36.5 Å². The van der Waals surface area contributed by atoms with Gasteiger partial charge in [-0.05, 0) is 30.4 Å². The van der Waals surface area contributed by atoms with E-state index in [1.54, 1.807) is 6.07 Å². The average molecular weight is 277 g/mol. The minimum Gasteiger partial charge on any atom is -0.205 e. The van der Waals surface area contributed by atoms with E-state index in [1.807, 2.05) is 19.1 Å². The van der Waals surface area contributed by atoms with E-state index in [2.05, 4.69) is 15.9 Å². The van der Waals surface area contributed by atoms with E-state index in [-0.39, 0.29) is 5.56 Å². The summed E-state index contributed by atoms with van der Waals surface area (Å²) < 4.78 is 25.8. The lowest BCUT2D eigenvalue weighted by molar-refractivity contribution is 0.149. The lowest BCUT2D eigenvalue weighted by atomic mass is 9.97. The van der Waals surface area contributed by atoms with Crippen LogP contribution in [0, 0.1) is 0 Å². The third kappa shape index (κ3) is 3.26. The highest BCUT2D eigenvalue weighted by Gasteiger charge is 2.15. The second kappa shape index (κ2) is 6.21. The van der Waals surface area contributed by atoms with Crippen LogP contribution in [0.25, 0.3) is 0 Å². The van der Waals surface area contributed by atoms with Crippen molar-refractivity contribution in [2.24, 2.45) is 0 Å². The van der Waals surface area contributed by atoms with Crippen molar-refractivity contribution >= 4 is 15.9 Å². The Labute approximate surface area is 97.8 Å². The Bertz CT molecular complexity index is 310. The zero-order valence-electron chi connectivity index (χ0n) is 8.77. The van der Waals surface area contributed by atoms with Crippen molar-refractivity contribution in [3.63, 3.8) is 0 Å². The van der Waals surface area contributed by atoms with E-state index in [0.717, 1.165) is 29.3 Å². The zero-order valence-corrected chi connectivity index (χ0v) is 10.4. The first-order chi connectivity index (χ1) is 7.20. The van der Waals surface area contributed by atoms with Crippen LogP contribution in [0.15, 0.2) is 18.2 Å². The van der Waals surface area contributed by atoms with Gasteiger partial charge in [0.25, 0.3) is 6.43 Å². The van der Waals surface area contributed by atoms with Crippen LogP contribution in [-0.4, -0.2) is 5.33 Å². The van der Waals surface area contributed by atoms with Gasteiger partial charge in [-0.2, -0.15) is 0 Å². The molecular weight excluding hydrogens is 262 g/mol. The molecule has 0 saturated carbocycles. The fraction of sp³-hybridized carbons (Fsp3) is 0.500. The van der Waals surface area contributed by atoms with E-state index in [0.29, 0.717) is 6.42 Å². The molecular formula is C12H15BrF2. The standard InChI is InChI=1S/C12H15BrF2/c1-2-9-5-3-6-10(7-4-8-13)11(9)12(14)15/h3,5-6,12H,2,4,7-8H2,1H3. The Balaban J connectivity index is 3.02. The monoisotopic (exact) mass is 276 g/mol. The quantitative estimate of drug-likeness (QED) is 0.694. The van der Waals surface area contributed by atoms with Gasteiger partial charge < -0.3 is 0 Å². The van der Waals surface area contributed by atoms with E-state index in [4.69, 9.17) is 0 Å². The molecule has 0 amide bonds. The van der Waals surface area contributed by atoms with Crippen molar-refractivity contribution in [2.75, 3.05) is 5.33 Å². The topological polar surface area (TPSA) is 0 Å². The maximum absolute atomic E-state index is 12.9. The first-order valence-electron chi connectivity index (χ1n) is 5.15. The molecule has 3 heteroatoms. The van der Waals surface area contributed by atoms with Gasteiger partial charge >= 0.3 is 0 Å². The number of rotatable bonds is 5. The Kier molecular flexibility index (Phi) is 5.23. The summed E-state index contributed by atoms with van der Waals surface area (Å²) in [7, 11) is 0. The highest BCUT2D eigenvalue weighted by atomic mass is 79.9. The largest absolute Gasteiger partial charge is 0.264 e. The SMILES string of the molecule is CCc1cccc(CCCBr)c1C(F)F. The Morgan fingerprint density at radius 1 is 1.27 bits per heavy atom. The summed E-state index contributed by atoms with van der Waals surface area (Å²) in [6, 6.07) is 5.47. The van der Waals surface area contributed by atoms with Crippen molar-refractivity contribution in [1.29, 1.82) is 0 Å². The van der Waals surface area contributed by atoms with Crippen LogP contribution in [-0.2, 0) is 12.8 Å². The predicted octanol–water partition coefficient (Wildman–Crippen LogP) is 4.51. The van der Waals surface area contributed by atoms with Gasteiger partial charge in [0.05, 0.1) is 0 Å². The van der Waals surface area contributed by atoms with Gasteiger partial charge in [0.15, 0.2) is 0 Å². The molecule has 1 aromatic carbocycles. The van der Waals surface area contributed by atoms with Crippen LogP contribution in [0.4, 0.5) is 8.78 Å². The highest BCUT2D eigenvalue weighted by Crippen LogP contribution is 2.28. The number of benzene rings is 1.